The van der Waals surface area contributed by atoms with Gasteiger partial charge in [-0.3, -0.25) is 14.5 Å². The number of hydrogen-bond donors (Lipinski definition) is 2. The molecular weight excluding hydrogens is 398 g/mol. The van der Waals surface area contributed by atoms with Crippen LogP contribution in [0.1, 0.15) is 69.2 Å². The monoisotopic (exact) mass is 429 g/mol. The number of unbranched alkanes of at least 4 members (excludes halogenated alkanes) is 1. The van der Waals surface area contributed by atoms with Gasteiger partial charge in [0.15, 0.2) is 0 Å². The Morgan fingerprint density at radius 2 is 1.84 bits per heavy atom. The Hall–Kier alpha value is -2.90. The van der Waals surface area contributed by atoms with E-state index in [1.807, 2.05) is 6.92 Å². The molecule has 4 amide bonds. The summed E-state index contributed by atoms with van der Waals surface area (Å²) in [5, 5.41) is 5.49. The minimum Gasteiger partial charge on any atom is -0.462 e. The number of imide groups is 1. The van der Waals surface area contributed by atoms with E-state index in [2.05, 4.69) is 10.6 Å². The summed E-state index contributed by atoms with van der Waals surface area (Å²) >= 11 is 0. The van der Waals surface area contributed by atoms with Gasteiger partial charge in [-0.05, 0) is 56.4 Å². The van der Waals surface area contributed by atoms with Crippen molar-refractivity contribution in [2.24, 2.45) is 5.92 Å². The number of carbonyl (C=O) groups excluding carboxylic acids is 4. The number of nitrogens with one attached hydrogen (secondary N) is 2. The molecule has 0 aromatic heterocycles. The van der Waals surface area contributed by atoms with Gasteiger partial charge in [0.25, 0.3) is 5.91 Å². The molecule has 2 N–H and O–H groups in total. The largest absolute Gasteiger partial charge is 0.462 e. The number of rotatable bonds is 8. The lowest BCUT2D eigenvalue weighted by atomic mass is 9.75. The van der Waals surface area contributed by atoms with Gasteiger partial charge in [0.2, 0.25) is 5.91 Å². The number of nitrogens with zero attached hydrogens (tertiary/aromatic N) is 1. The Kier molecular flexibility index (Phi) is 7.30. The van der Waals surface area contributed by atoms with Gasteiger partial charge in [-0.1, -0.05) is 32.6 Å². The standard InChI is InChI=1S/C23H31N3O5/c1-3-4-14-31-20(28)16-10-12-18(13-11-16)24-19(27)15-26-21(29)23(2,25-22(26)30)17-8-6-5-7-9-17/h10-13,17H,3-9,14-15H2,1-2H3,(H,24,27)(H,25,30)/t23-/m0/s1. The first kappa shape index (κ1) is 22.8. The van der Waals surface area contributed by atoms with Crippen molar-refractivity contribution in [2.75, 3.05) is 18.5 Å². The van der Waals surface area contributed by atoms with Gasteiger partial charge in [0.05, 0.1) is 12.2 Å². The third kappa shape index (κ3) is 5.24. The summed E-state index contributed by atoms with van der Waals surface area (Å²) in [5.74, 6) is -1.14. The van der Waals surface area contributed by atoms with E-state index >= 15 is 0 Å². The summed E-state index contributed by atoms with van der Waals surface area (Å²) in [4.78, 5) is 50.8. The van der Waals surface area contributed by atoms with Crippen LogP contribution in [0.5, 0.6) is 0 Å². The van der Waals surface area contributed by atoms with E-state index in [0.717, 1.165) is 49.8 Å². The van der Waals surface area contributed by atoms with Crippen LogP contribution < -0.4 is 10.6 Å². The average Bonchev–Trinajstić information content (AvgIpc) is 2.99. The Morgan fingerprint density at radius 1 is 1.16 bits per heavy atom. The molecule has 0 bridgehead atoms. The van der Waals surface area contributed by atoms with Crippen LogP contribution in [0.4, 0.5) is 10.5 Å². The van der Waals surface area contributed by atoms with Gasteiger partial charge in [0.1, 0.15) is 12.1 Å². The van der Waals surface area contributed by atoms with Gasteiger partial charge in [0, 0.05) is 5.69 Å². The van der Waals surface area contributed by atoms with Crippen molar-refractivity contribution in [3.8, 4) is 0 Å². The van der Waals surface area contributed by atoms with Gasteiger partial charge in [-0.25, -0.2) is 9.59 Å². The van der Waals surface area contributed by atoms with Gasteiger partial charge >= 0.3 is 12.0 Å². The van der Waals surface area contributed by atoms with Crippen molar-refractivity contribution in [2.45, 2.75) is 64.3 Å². The molecule has 8 nitrogen and oxygen atoms in total. The molecule has 1 aliphatic heterocycles. The molecule has 1 aromatic carbocycles. The van der Waals surface area contributed by atoms with Crippen LogP contribution in [-0.2, 0) is 14.3 Å². The Bertz CT molecular complexity index is 832. The molecule has 3 rings (SSSR count). The number of carbonyl (C=O) groups is 4. The summed E-state index contributed by atoms with van der Waals surface area (Å²) in [6.45, 7) is 3.80. The molecule has 1 heterocycles. The van der Waals surface area contributed by atoms with Crippen LogP contribution in [0.25, 0.3) is 0 Å². The molecule has 1 atom stereocenters. The molecule has 1 saturated heterocycles. The van der Waals surface area contributed by atoms with Crippen LogP contribution in [0.3, 0.4) is 0 Å². The second kappa shape index (κ2) is 9.94. The van der Waals surface area contributed by atoms with Crippen molar-refractivity contribution in [1.82, 2.24) is 10.2 Å². The number of esters is 1. The Balaban J connectivity index is 1.56. The minimum absolute atomic E-state index is 0.0930. The Labute approximate surface area is 182 Å². The highest BCUT2D eigenvalue weighted by Gasteiger charge is 2.52. The first-order valence-electron chi connectivity index (χ1n) is 11.1. The highest BCUT2D eigenvalue weighted by Crippen LogP contribution is 2.36. The number of ether oxygens (including phenoxy) is 1. The third-order valence-electron chi connectivity index (χ3n) is 6.16. The van der Waals surface area contributed by atoms with Crippen molar-refractivity contribution in [3.63, 3.8) is 0 Å². The molecule has 1 saturated carbocycles. The van der Waals surface area contributed by atoms with Crippen molar-refractivity contribution in [1.29, 1.82) is 0 Å². The van der Waals surface area contributed by atoms with Crippen LogP contribution in [0, 0.1) is 5.92 Å². The second-order valence-electron chi connectivity index (χ2n) is 8.47. The maximum atomic E-state index is 13.0. The average molecular weight is 430 g/mol. The van der Waals surface area contributed by atoms with Crippen LogP contribution >= 0.6 is 0 Å². The second-order valence-corrected chi connectivity index (χ2v) is 8.47. The topological polar surface area (TPSA) is 105 Å². The SMILES string of the molecule is CCCCOC(=O)c1ccc(NC(=O)CN2C(=O)N[C@@](C)(C3CCCCC3)C2=O)cc1. The fourth-order valence-electron chi connectivity index (χ4n) is 4.24. The smallest absolute Gasteiger partial charge is 0.338 e. The van der Waals surface area contributed by atoms with E-state index in [1.165, 1.54) is 0 Å². The molecule has 1 aliphatic carbocycles. The molecule has 31 heavy (non-hydrogen) atoms. The van der Waals surface area contributed by atoms with Gasteiger partial charge < -0.3 is 15.4 Å². The fraction of sp³-hybridized carbons (Fsp3) is 0.565. The van der Waals surface area contributed by atoms with Gasteiger partial charge in [-0.2, -0.15) is 0 Å². The zero-order chi connectivity index (χ0) is 22.4. The minimum atomic E-state index is -0.947. The highest BCUT2D eigenvalue weighted by atomic mass is 16.5. The van der Waals surface area contributed by atoms with Crippen LogP contribution in [0.2, 0.25) is 0 Å². The zero-order valence-corrected chi connectivity index (χ0v) is 18.2. The summed E-state index contributed by atoms with van der Waals surface area (Å²) in [5.41, 5.74) is -0.0824. The number of amides is 4. The normalized spacial score (nSPS) is 21.7. The summed E-state index contributed by atoms with van der Waals surface area (Å²) < 4.78 is 5.16. The van der Waals surface area contributed by atoms with E-state index < -0.39 is 23.4 Å². The quantitative estimate of drug-likeness (QED) is 0.374. The zero-order valence-electron chi connectivity index (χ0n) is 18.2. The van der Waals surface area contributed by atoms with Crippen molar-refractivity contribution < 1.29 is 23.9 Å². The van der Waals surface area contributed by atoms with Crippen molar-refractivity contribution in [3.05, 3.63) is 29.8 Å². The van der Waals surface area contributed by atoms with Crippen molar-refractivity contribution >= 4 is 29.5 Å². The molecule has 2 fully saturated rings. The number of benzene rings is 1. The predicted molar refractivity (Wildman–Crippen MR) is 115 cm³/mol. The molecular formula is C23H31N3O5. The van der Waals surface area contributed by atoms with E-state index in [4.69, 9.17) is 4.74 Å². The van der Waals surface area contributed by atoms with Crippen LogP contribution in [-0.4, -0.2) is 47.4 Å². The third-order valence-corrected chi connectivity index (χ3v) is 6.16. The predicted octanol–water partition coefficient (Wildman–Crippen LogP) is 3.47. The van der Waals surface area contributed by atoms with E-state index in [0.29, 0.717) is 17.9 Å². The molecule has 1 aromatic rings. The first-order valence-corrected chi connectivity index (χ1v) is 11.1. The van der Waals surface area contributed by atoms with Crippen LogP contribution in [0.15, 0.2) is 24.3 Å². The maximum Gasteiger partial charge on any atom is 0.338 e. The molecule has 2 aliphatic rings. The highest BCUT2D eigenvalue weighted by molar-refractivity contribution is 6.10. The fourth-order valence-corrected chi connectivity index (χ4v) is 4.24. The number of hydrogen-bond acceptors (Lipinski definition) is 5. The maximum absolute atomic E-state index is 13.0. The lowest BCUT2D eigenvalue weighted by Crippen LogP contribution is -2.51. The number of urea groups is 1. The lowest BCUT2D eigenvalue weighted by Gasteiger charge is -2.34. The van der Waals surface area contributed by atoms with E-state index in [1.54, 1.807) is 31.2 Å². The lowest BCUT2D eigenvalue weighted by molar-refractivity contribution is -0.135. The first-order chi connectivity index (χ1) is 14.8. The summed E-state index contributed by atoms with van der Waals surface area (Å²) in [7, 11) is 0. The molecule has 0 radical (unpaired) electrons. The molecule has 0 unspecified atom stereocenters. The van der Waals surface area contributed by atoms with E-state index in [9.17, 15) is 19.2 Å². The number of anilines is 1. The molecule has 0 spiro atoms. The summed E-state index contributed by atoms with van der Waals surface area (Å²) in [6, 6.07) is 5.78. The Morgan fingerprint density at radius 3 is 2.48 bits per heavy atom. The molecule has 168 valence electrons. The molecule has 8 heteroatoms. The van der Waals surface area contributed by atoms with Gasteiger partial charge in [-0.15, -0.1) is 0 Å². The van der Waals surface area contributed by atoms with E-state index in [-0.39, 0.29) is 18.4 Å². The summed E-state index contributed by atoms with van der Waals surface area (Å²) in [6.07, 6.45) is 6.79.